The number of likely N-dealkylation sites (tertiary alicyclic amines) is 1. The maximum atomic E-state index is 13.1. The number of aliphatic hydroxyl groups is 1. The first-order valence-corrected chi connectivity index (χ1v) is 9.27. The van der Waals surface area contributed by atoms with Crippen LogP contribution in [0.1, 0.15) is 45.8 Å². The molecule has 148 valence electrons. The maximum Gasteiger partial charge on any atom is 0.274 e. The number of nitrogens with zero attached hydrogens (tertiary/aromatic N) is 3. The third kappa shape index (κ3) is 4.28. The average Bonchev–Trinajstić information content (AvgIpc) is 2.72. The molecule has 3 rings (SSSR count). The molecule has 1 aliphatic heterocycles. The Morgan fingerprint density at radius 2 is 2.11 bits per heavy atom. The van der Waals surface area contributed by atoms with Gasteiger partial charge in [0.05, 0.1) is 17.3 Å². The van der Waals surface area contributed by atoms with E-state index in [-0.39, 0.29) is 54.3 Å². The van der Waals surface area contributed by atoms with Crippen molar-refractivity contribution in [3.63, 3.8) is 0 Å². The van der Waals surface area contributed by atoms with E-state index in [2.05, 4.69) is 9.97 Å². The van der Waals surface area contributed by atoms with Gasteiger partial charge in [-0.15, -0.1) is 0 Å². The fourth-order valence-electron chi connectivity index (χ4n) is 3.37. The molecule has 8 heteroatoms. The van der Waals surface area contributed by atoms with Gasteiger partial charge < -0.3 is 19.8 Å². The van der Waals surface area contributed by atoms with Gasteiger partial charge in [0.2, 0.25) is 0 Å². The van der Waals surface area contributed by atoms with Crippen LogP contribution in [0.5, 0.6) is 11.5 Å². The number of rotatable bonds is 7. The number of amides is 1. The van der Waals surface area contributed by atoms with Gasteiger partial charge in [-0.3, -0.25) is 14.6 Å². The van der Waals surface area contributed by atoms with Crippen molar-refractivity contribution >= 4 is 12.2 Å². The number of aldehydes is 1. The third-order valence-electron chi connectivity index (χ3n) is 4.81. The van der Waals surface area contributed by atoms with Crippen LogP contribution in [0.25, 0.3) is 0 Å². The summed E-state index contributed by atoms with van der Waals surface area (Å²) in [7, 11) is 0. The van der Waals surface area contributed by atoms with Crippen molar-refractivity contribution in [1.29, 1.82) is 0 Å². The second-order valence-electron chi connectivity index (χ2n) is 6.59. The monoisotopic (exact) mass is 385 g/mol. The number of phenols is 1. The Labute approximate surface area is 162 Å². The molecule has 0 spiro atoms. The quantitative estimate of drug-likeness (QED) is 0.696. The summed E-state index contributed by atoms with van der Waals surface area (Å²) in [5.74, 6) is -0.0953. The number of aromatic nitrogens is 2. The Balaban J connectivity index is 1.77. The van der Waals surface area contributed by atoms with E-state index in [1.807, 2.05) is 0 Å². The molecule has 2 aromatic rings. The van der Waals surface area contributed by atoms with Crippen LogP contribution in [-0.2, 0) is 6.42 Å². The van der Waals surface area contributed by atoms with Crippen LogP contribution in [0.4, 0.5) is 0 Å². The first kappa shape index (κ1) is 19.8. The molecule has 2 heterocycles. The first-order valence-electron chi connectivity index (χ1n) is 9.27. The third-order valence-corrected chi connectivity index (χ3v) is 4.81. The lowest BCUT2D eigenvalue weighted by Crippen LogP contribution is -2.47. The highest BCUT2D eigenvalue weighted by Crippen LogP contribution is 2.27. The van der Waals surface area contributed by atoms with E-state index in [1.54, 1.807) is 17.0 Å². The Bertz CT molecular complexity index is 842. The predicted molar refractivity (Wildman–Crippen MR) is 100 cm³/mol. The van der Waals surface area contributed by atoms with Gasteiger partial charge in [0, 0.05) is 32.0 Å². The molecule has 1 saturated heterocycles. The maximum absolute atomic E-state index is 13.1. The van der Waals surface area contributed by atoms with E-state index in [1.165, 1.54) is 18.5 Å². The van der Waals surface area contributed by atoms with Crippen LogP contribution in [0.2, 0.25) is 0 Å². The second kappa shape index (κ2) is 9.27. The van der Waals surface area contributed by atoms with Crippen LogP contribution >= 0.6 is 0 Å². The molecule has 1 fully saturated rings. The van der Waals surface area contributed by atoms with Gasteiger partial charge >= 0.3 is 0 Å². The fourth-order valence-corrected chi connectivity index (χ4v) is 3.37. The first-order chi connectivity index (χ1) is 13.7. The summed E-state index contributed by atoms with van der Waals surface area (Å²) in [6.45, 7) is 0.658. The lowest BCUT2D eigenvalue weighted by molar-refractivity contribution is 0.0519. The number of aliphatic hydroxyl groups excluding tert-OH is 1. The highest BCUT2D eigenvalue weighted by atomic mass is 16.5. The molecule has 1 aromatic heterocycles. The Kier molecular flexibility index (Phi) is 6.54. The molecule has 1 atom stereocenters. The molecular formula is C20H23N3O5. The largest absolute Gasteiger partial charge is 0.507 e. The van der Waals surface area contributed by atoms with Gasteiger partial charge in [-0.2, -0.15) is 0 Å². The molecular weight excluding hydrogens is 362 g/mol. The van der Waals surface area contributed by atoms with Crippen molar-refractivity contribution in [1.82, 2.24) is 14.9 Å². The van der Waals surface area contributed by atoms with Gasteiger partial charge in [-0.05, 0) is 31.4 Å². The van der Waals surface area contributed by atoms with Crippen molar-refractivity contribution in [3.05, 3.63) is 47.5 Å². The minimum absolute atomic E-state index is 0.0929. The van der Waals surface area contributed by atoms with Gasteiger partial charge in [0.1, 0.15) is 23.8 Å². The van der Waals surface area contributed by atoms with Gasteiger partial charge in [-0.1, -0.05) is 6.07 Å². The van der Waals surface area contributed by atoms with E-state index >= 15 is 0 Å². The van der Waals surface area contributed by atoms with Crippen molar-refractivity contribution in [2.45, 2.75) is 31.7 Å². The zero-order chi connectivity index (χ0) is 19.9. The number of carbonyl (C=O) groups excluding carboxylic acids is 2. The molecule has 1 amide bonds. The Hall–Kier alpha value is -3.00. The predicted octanol–water partition coefficient (Wildman–Crippen LogP) is 1.60. The standard InChI is InChI=1S/C20H23N3O5/c24-11-7-16-19(22-9-8-21-16)20(27)23-10-2-1-4-14(23)13-28-18-6-3-5-17(26)15(18)12-25/h3,5-6,8-9,12,14,24,26H,1-2,4,7,10-11,13H2. The zero-order valence-corrected chi connectivity index (χ0v) is 15.5. The molecule has 2 N–H and O–H groups in total. The molecule has 28 heavy (non-hydrogen) atoms. The van der Waals surface area contributed by atoms with Crippen LogP contribution in [-0.4, -0.2) is 63.1 Å². The number of hydrogen-bond acceptors (Lipinski definition) is 7. The van der Waals surface area contributed by atoms with Crippen molar-refractivity contribution in [2.75, 3.05) is 19.8 Å². The van der Waals surface area contributed by atoms with Gasteiger partial charge in [0.15, 0.2) is 6.29 Å². The number of phenolic OH excluding ortho intramolecular Hbond substituents is 1. The molecule has 0 radical (unpaired) electrons. The molecule has 1 aliphatic rings. The SMILES string of the molecule is O=Cc1c(O)cccc1OCC1CCCCN1C(=O)c1nccnc1CCO. The van der Waals surface area contributed by atoms with Gasteiger partial charge in [-0.25, -0.2) is 4.98 Å². The van der Waals surface area contributed by atoms with Crippen molar-refractivity contribution in [2.24, 2.45) is 0 Å². The Morgan fingerprint density at radius 3 is 2.89 bits per heavy atom. The molecule has 0 saturated carbocycles. The molecule has 1 unspecified atom stereocenters. The van der Waals surface area contributed by atoms with E-state index < -0.39 is 0 Å². The summed E-state index contributed by atoms with van der Waals surface area (Å²) in [6, 6.07) is 4.44. The van der Waals surface area contributed by atoms with Crippen LogP contribution in [0.3, 0.4) is 0 Å². The van der Waals surface area contributed by atoms with E-state index in [4.69, 9.17) is 4.74 Å². The average molecular weight is 385 g/mol. The topological polar surface area (TPSA) is 113 Å². The number of aromatic hydroxyl groups is 1. The zero-order valence-electron chi connectivity index (χ0n) is 15.5. The normalized spacial score (nSPS) is 16.6. The number of carbonyl (C=O) groups is 2. The Morgan fingerprint density at radius 1 is 1.29 bits per heavy atom. The van der Waals surface area contributed by atoms with Crippen LogP contribution in [0, 0.1) is 0 Å². The van der Waals surface area contributed by atoms with E-state index in [0.717, 1.165) is 19.3 Å². The minimum Gasteiger partial charge on any atom is -0.507 e. The minimum atomic E-state index is -0.239. The summed E-state index contributed by atoms with van der Waals surface area (Å²) in [4.78, 5) is 34.4. The lowest BCUT2D eigenvalue weighted by Gasteiger charge is -2.35. The van der Waals surface area contributed by atoms with E-state index in [0.29, 0.717) is 18.5 Å². The summed E-state index contributed by atoms with van der Waals surface area (Å²) in [5, 5.41) is 19.0. The molecule has 8 nitrogen and oxygen atoms in total. The summed E-state index contributed by atoms with van der Waals surface area (Å²) in [6.07, 6.45) is 6.38. The lowest BCUT2D eigenvalue weighted by atomic mass is 10.0. The highest BCUT2D eigenvalue weighted by Gasteiger charge is 2.30. The van der Waals surface area contributed by atoms with Gasteiger partial charge in [0.25, 0.3) is 5.91 Å². The summed E-state index contributed by atoms with van der Waals surface area (Å²) < 4.78 is 5.78. The smallest absolute Gasteiger partial charge is 0.274 e. The van der Waals surface area contributed by atoms with E-state index in [9.17, 15) is 19.8 Å². The summed E-state index contributed by atoms with van der Waals surface area (Å²) >= 11 is 0. The molecule has 0 aliphatic carbocycles. The number of ether oxygens (including phenoxy) is 1. The molecule has 1 aromatic carbocycles. The van der Waals surface area contributed by atoms with Crippen molar-refractivity contribution in [3.8, 4) is 11.5 Å². The van der Waals surface area contributed by atoms with Crippen LogP contribution in [0.15, 0.2) is 30.6 Å². The number of benzene rings is 1. The highest BCUT2D eigenvalue weighted by molar-refractivity contribution is 5.93. The number of hydrogen-bond donors (Lipinski definition) is 2. The summed E-state index contributed by atoms with van der Waals surface area (Å²) in [5.41, 5.74) is 0.807. The second-order valence-corrected chi connectivity index (χ2v) is 6.59. The van der Waals surface area contributed by atoms with Crippen LogP contribution < -0.4 is 4.74 Å². The van der Waals surface area contributed by atoms with Crippen molar-refractivity contribution < 1.29 is 24.5 Å². The fraction of sp³-hybridized carbons (Fsp3) is 0.400. The number of piperidine rings is 1. The molecule has 0 bridgehead atoms.